The Labute approximate surface area is 164 Å². The van der Waals surface area contributed by atoms with Gasteiger partial charge in [0.2, 0.25) is 5.88 Å². The highest BCUT2D eigenvalue weighted by Crippen LogP contribution is 2.22. The Morgan fingerprint density at radius 3 is 2.43 bits per heavy atom. The van der Waals surface area contributed by atoms with E-state index in [1.807, 2.05) is 69.3 Å². The third kappa shape index (κ3) is 4.85. The molecule has 1 heterocycles. The lowest BCUT2D eigenvalue weighted by Crippen LogP contribution is -2.20. The molecule has 0 saturated heterocycles. The first-order chi connectivity index (χ1) is 13.6. The van der Waals surface area contributed by atoms with Crippen molar-refractivity contribution in [1.29, 1.82) is 0 Å². The standard InChI is InChI=1S/C22H23N3O3/c1-4-27-22-13-12-19(24-25-22)17-8-10-18(11-9-17)23-21(26)14-28-20-7-5-6-15(2)16(20)3/h5-13H,4,14H2,1-3H3,(H,23,26). The van der Waals surface area contributed by atoms with Crippen molar-refractivity contribution in [2.75, 3.05) is 18.5 Å². The monoisotopic (exact) mass is 377 g/mol. The van der Waals surface area contributed by atoms with Gasteiger partial charge in [0.1, 0.15) is 5.75 Å². The van der Waals surface area contributed by atoms with Crippen LogP contribution in [0.4, 0.5) is 5.69 Å². The zero-order valence-corrected chi connectivity index (χ0v) is 16.2. The number of anilines is 1. The molecule has 0 aliphatic rings. The summed E-state index contributed by atoms with van der Waals surface area (Å²) in [5.41, 5.74) is 4.50. The average molecular weight is 377 g/mol. The first-order valence-corrected chi connectivity index (χ1v) is 9.12. The molecule has 0 aliphatic carbocycles. The first kappa shape index (κ1) is 19.4. The van der Waals surface area contributed by atoms with Gasteiger partial charge in [0.15, 0.2) is 6.61 Å². The number of ether oxygens (including phenoxy) is 2. The van der Waals surface area contributed by atoms with E-state index >= 15 is 0 Å². The molecule has 3 rings (SSSR count). The van der Waals surface area contributed by atoms with Crippen molar-refractivity contribution in [2.45, 2.75) is 20.8 Å². The second-order valence-electron chi connectivity index (χ2n) is 6.30. The smallest absolute Gasteiger partial charge is 0.262 e. The van der Waals surface area contributed by atoms with E-state index in [1.54, 1.807) is 6.07 Å². The van der Waals surface area contributed by atoms with Crippen LogP contribution in [-0.2, 0) is 4.79 Å². The summed E-state index contributed by atoms with van der Waals surface area (Å²) in [4.78, 5) is 12.2. The van der Waals surface area contributed by atoms with Gasteiger partial charge in [-0.2, -0.15) is 0 Å². The van der Waals surface area contributed by atoms with Crippen molar-refractivity contribution in [2.24, 2.45) is 0 Å². The summed E-state index contributed by atoms with van der Waals surface area (Å²) in [5, 5.41) is 11.0. The number of aromatic nitrogens is 2. The molecule has 0 aliphatic heterocycles. The number of hydrogen-bond donors (Lipinski definition) is 1. The minimum absolute atomic E-state index is 0.0452. The summed E-state index contributed by atoms with van der Waals surface area (Å²) < 4.78 is 10.9. The molecule has 0 atom stereocenters. The Balaban J connectivity index is 1.57. The fraction of sp³-hybridized carbons (Fsp3) is 0.227. The Hall–Kier alpha value is -3.41. The Morgan fingerprint density at radius 1 is 0.964 bits per heavy atom. The Kier molecular flexibility index (Phi) is 6.22. The van der Waals surface area contributed by atoms with Gasteiger partial charge in [-0.1, -0.05) is 24.3 Å². The lowest BCUT2D eigenvalue weighted by atomic mass is 10.1. The molecule has 1 amide bonds. The second-order valence-corrected chi connectivity index (χ2v) is 6.30. The lowest BCUT2D eigenvalue weighted by Gasteiger charge is -2.11. The number of nitrogens with one attached hydrogen (secondary N) is 1. The predicted octanol–water partition coefficient (Wildman–Crippen LogP) is 4.18. The maximum absolute atomic E-state index is 12.2. The molecule has 1 aromatic heterocycles. The van der Waals surface area contributed by atoms with Crippen LogP contribution < -0.4 is 14.8 Å². The fourth-order valence-electron chi connectivity index (χ4n) is 2.64. The summed E-state index contributed by atoms with van der Waals surface area (Å²) in [6, 6.07) is 16.8. The van der Waals surface area contributed by atoms with E-state index in [9.17, 15) is 4.79 Å². The highest BCUT2D eigenvalue weighted by Gasteiger charge is 2.07. The fourth-order valence-corrected chi connectivity index (χ4v) is 2.64. The second kappa shape index (κ2) is 8.99. The number of rotatable bonds is 7. The molecule has 6 nitrogen and oxygen atoms in total. The maximum atomic E-state index is 12.2. The highest BCUT2D eigenvalue weighted by molar-refractivity contribution is 5.92. The average Bonchev–Trinajstić information content (AvgIpc) is 2.71. The predicted molar refractivity (Wildman–Crippen MR) is 109 cm³/mol. The van der Waals surface area contributed by atoms with Crippen molar-refractivity contribution >= 4 is 11.6 Å². The number of hydrogen-bond acceptors (Lipinski definition) is 5. The van der Waals surface area contributed by atoms with Crippen LogP contribution in [0.2, 0.25) is 0 Å². The molecule has 6 heteroatoms. The molecule has 0 spiro atoms. The molecule has 0 fully saturated rings. The quantitative estimate of drug-likeness (QED) is 0.669. The van der Waals surface area contributed by atoms with Gasteiger partial charge in [-0.3, -0.25) is 4.79 Å². The molecule has 0 radical (unpaired) electrons. The number of carbonyl (C=O) groups excluding carboxylic acids is 1. The minimum Gasteiger partial charge on any atom is -0.483 e. The van der Waals surface area contributed by atoms with Crippen molar-refractivity contribution in [3.05, 3.63) is 65.7 Å². The summed E-state index contributed by atoms with van der Waals surface area (Å²) in [6.45, 7) is 6.39. The van der Waals surface area contributed by atoms with Gasteiger partial charge in [0.05, 0.1) is 12.3 Å². The van der Waals surface area contributed by atoms with Crippen LogP contribution in [0.5, 0.6) is 11.6 Å². The Bertz CT molecular complexity index is 938. The van der Waals surface area contributed by atoms with Crippen molar-refractivity contribution in [3.63, 3.8) is 0 Å². The maximum Gasteiger partial charge on any atom is 0.262 e. The SMILES string of the molecule is CCOc1ccc(-c2ccc(NC(=O)COc3cccc(C)c3C)cc2)nn1. The van der Waals surface area contributed by atoms with Gasteiger partial charge in [-0.05, 0) is 56.2 Å². The largest absolute Gasteiger partial charge is 0.483 e. The molecule has 0 saturated carbocycles. The van der Waals surface area contributed by atoms with E-state index < -0.39 is 0 Å². The number of nitrogens with zero attached hydrogens (tertiary/aromatic N) is 2. The summed E-state index contributed by atoms with van der Waals surface area (Å²) in [6.07, 6.45) is 0. The van der Waals surface area contributed by atoms with Crippen molar-refractivity contribution < 1.29 is 14.3 Å². The van der Waals surface area contributed by atoms with E-state index in [0.717, 1.165) is 28.1 Å². The summed E-state index contributed by atoms with van der Waals surface area (Å²) >= 11 is 0. The van der Waals surface area contributed by atoms with E-state index in [2.05, 4.69) is 15.5 Å². The van der Waals surface area contributed by atoms with Gasteiger partial charge >= 0.3 is 0 Å². The van der Waals surface area contributed by atoms with Crippen molar-refractivity contribution in [3.8, 4) is 22.9 Å². The van der Waals surface area contributed by atoms with Crippen LogP contribution in [0.25, 0.3) is 11.3 Å². The lowest BCUT2D eigenvalue weighted by molar-refractivity contribution is -0.118. The van der Waals surface area contributed by atoms with Crippen LogP contribution in [0, 0.1) is 13.8 Å². The molecule has 28 heavy (non-hydrogen) atoms. The van der Waals surface area contributed by atoms with Crippen LogP contribution in [0.15, 0.2) is 54.6 Å². The topological polar surface area (TPSA) is 73.3 Å². The van der Waals surface area contributed by atoms with Gasteiger partial charge in [-0.15, -0.1) is 10.2 Å². The number of benzene rings is 2. The number of aryl methyl sites for hydroxylation is 1. The van der Waals surface area contributed by atoms with Crippen LogP contribution in [0.3, 0.4) is 0 Å². The normalized spacial score (nSPS) is 10.4. The third-order valence-electron chi connectivity index (χ3n) is 4.31. The summed E-state index contributed by atoms with van der Waals surface area (Å²) in [7, 11) is 0. The molecule has 144 valence electrons. The van der Waals surface area contributed by atoms with Gasteiger partial charge in [-0.25, -0.2) is 0 Å². The van der Waals surface area contributed by atoms with Gasteiger partial charge < -0.3 is 14.8 Å². The zero-order valence-electron chi connectivity index (χ0n) is 16.2. The molecular weight excluding hydrogens is 354 g/mol. The van der Waals surface area contributed by atoms with E-state index in [4.69, 9.17) is 9.47 Å². The van der Waals surface area contributed by atoms with Crippen molar-refractivity contribution in [1.82, 2.24) is 10.2 Å². The summed E-state index contributed by atoms with van der Waals surface area (Å²) in [5.74, 6) is 1.01. The zero-order chi connectivity index (χ0) is 19.9. The third-order valence-corrected chi connectivity index (χ3v) is 4.31. The first-order valence-electron chi connectivity index (χ1n) is 9.12. The van der Waals surface area contributed by atoms with E-state index in [1.165, 1.54) is 0 Å². The van der Waals surface area contributed by atoms with Gasteiger partial charge in [0.25, 0.3) is 5.91 Å². The molecule has 1 N–H and O–H groups in total. The minimum atomic E-state index is -0.213. The molecule has 3 aromatic rings. The van der Waals surface area contributed by atoms with Crippen LogP contribution in [-0.4, -0.2) is 29.3 Å². The number of amides is 1. The molecule has 0 unspecified atom stereocenters. The van der Waals surface area contributed by atoms with E-state index in [-0.39, 0.29) is 12.5 Å². The molecule has 2 aromatic carbocycles. The number of carbonyl (C=O) groups is 1. The van der Waals surface area contributed by atoms with Gasteiger partial charge in [0, 0.05) is 17.3 Å². The highest BCUT2D eigenvalue weighted by atomic mass is 16.5. The molecular formula is C22H23N3O3. The Morgan fingerprint density at radius 2 is 1.75 bits per heavy atom. The molecule has 0 bridgehead atoms. The van der Waals surface area contributed by atoms with Crippen LogP contribution in [0.1, 0.15) is 18.1 Å². The van der Waals surface area contributed by atoms with E-state index in [0.29, 0.717) is 18.2 Å². The van der Waals surface area contributed by atoms with Crippen LogP contribution >= 0.6 is 0 Å².